The maximum absolute atomic E-state index is 13.5. The van der Waals surface area contributed by atoms with Crippen LogP contribution in [0.15, 0.2) is 48.5 Å². The minimum Gasteiger partial charge on any atom is -0.351 e. The van der Waals surface area contributed by atoms with Crippen LogP contribution in [0.2, 0.25) is 0 Å². The van der Waals surface area contributed by atoms with Gasteiger partial charge < -0.3 is 5.32 Å². The highest BCUT2D eigenvalue weighted by molar-refractivity contribution is 7.89. The van der Waals surface area contributed by atoms with E-state index in [4.69, 9.17) is 0 Å². The van der Waals surface area contributed by atoms with E-state index in [1.807, 2.05) is 24.3 Å². The van der Waals surface area contributed by atoms with Gasteiger partial charge in [0.25, 0.3) is 5.91 Å². The zero-order valence-corrected chi connectivity index (χ0v) is 14.4. The van der Waals surface area contributed by atoms with Crippen molar-refractivity contribution in [3.05, 3.63) is 71.0 Å². The zero-order valence-electron chi connectivity index (χ0n) is 13.6. The number of benzene rings is 2. The molecule has 2 aromatic rings. The zero-order chi connectivity index (χ0) is 17.9. The molecule has 132 valence electrons. The van der Waals surface area contributed by atoms with Crippen LogP contribution in [0, 0.1) is 5.82 Å². The number of sulfonamides is 1. The normalized spacial score (nSPS) is 14.8. The van der Waals surface area contributed by atoms with Gasteiger partial charge in [-0.25, -0.2) is 12.8 Å². The lowest BCUT2D eigenvalue weighted by molar-refractivity contribution is 0.0952. The highest BCUT2D eigenvalue weighted by Crippen LogP contribution is 2.20. The van der Waals surface area contributed by atoms with Gasteiger partial charge in [0, 0.05) is 19.6 Å². The Balaban J connectivity index is 1.58. The summed E-state index contributed by atoms with van der Waals surface area (Å²) in [5.41, 5.74) is 2.08. The van der Waals surface area contributed by atoms with Gasteiger partial charge in [-0.05, 0) is 29.7 Å². The number of amides is 1. The summed E-state index contributed by atoms with van der Waals surface area (Å²) >= 11 is 0. The summed E-state index contributed by atoms with van der Waals surface area (Å²) in [6.45, 7) is 0.716. The molecule has 5 nitrogen and oxygen atoms in total. The molecule has 1 N–H and O–H groups in total. The van der Waals surface area contributed by atoms with E-state index in [1.54, 1.807) is 6.07 Å². The number of nitrogens with one attached hydrogen (secondary N) is 1. The smallest absolute Gasteiger partial charge is 0.254 e. The molecule has 3 rings (SSSR count). The molecule has 1 heterocycles. The van der Waals surface area contributed by atoms with Gasteiger partial charge in [-0.2, -0.15) is 4.31 Å². The molecule has 0 radical (unpaired) electrons. The molecular weight excluding hydrogens is 343 g/mol. The van der Waals surface area contributed by atoms with Crippen molar-refractivity contribution >= 4 is 15.9 Å². The number of halogens is 1. The number of hydrogen-bond acceptors (Lipinski definition) is 3. The molecule has 7 heteroatoms. The third kappa shape index (κ3) is 4.05. The first-order chi connectivity index (χ1) is 12.0. The minimum atomic E-state index is -3.49. The lowest BCUT2D eigenvalue weighted by Gasteiger charge is -2.28. The number of fused-ring (bicyclic) bond motifs is 1. The standard InChI is InChI=1S/C18H19FN2O3S/c19-17-8-4-3-7-16(17)18(22)20-10-12-25(23,24)21-11-9-14-5-1-2-6-15(14)13-21/h1-8H,9-13H2,(H,20,22). The van der Waals surface area contributed by atoms with Crippen LogP contribution in [0.5, 0.6) is 0 Å². The summed E-state index contributed by atoms with van der Waals surface area (Å²) in [7, 11) is -3.49. The highest BCUT2D eigenvalue weighted by atomic mass is 32.2. The van der Waals surface area contributed by atoms with E-state index in [9.17, 15) is 17.6 Å². The largest absolute Gasteiger partial charge is 0.351 e. The summed E-state index contributed by atoms with van der Waals surface area (Å²) < 4.78 is 39.9. The van der Waals surface area contributed by atoms with Gasteiger partial charge in [-0.1, -0.05) is 36.4 Å². The Bertz CT molecular complexity index is 883. The van der Waals surface area contributed by atoms with Crippen LogP contribution in [0.25, 0.3) is 0 Å². The Morgan fingerprint density at radius 1 is 1.08 bits per heavy atom. The number of nitrogens with zero attached hydrogens (tertiary/aromatic N) is 1. The molecule has 25 heavy (non-hydrogen) atoms. The third-order valence-electron chi connectivity index (χ3n) is 4.25. The second kappa shape index (κ2) is 7.33. The van der Waals surface area contributed by atoms with Gasteiger partial charge in [0.15, 0.2) is 0 Å². The second-order valence-electron chi connectivity index (χ2n) is 5.90. The van der Waals surface area contributed by atoms with Crippen molar-refractivity contribution < 1.29 is 17.6 Å². The predicted molar refractivity (Wildman–Crippen MR) is 93.1 cm³/mol. The van der Waals surface area contributed by atoms with E-state index in [-0.39, 0.29) is 17.9 Å². The van der Waals surface area contributed by atoms with Gasteiger partial charge >= 0.3 is 0 Å². The quantitative estimate of drug-likeness (QED) is 0.884. The molecule has 1 aliphatic heterocycles. The minimum absolute atomic E-state index is 0.0619. The number of rotatable bonds is 5. The fraction of sp³-hybridized carbons (Fsp3) is 0.278. The highest BCUT2D eigenvalue weighted by Gasteiger charge is 2.26. The Hall–Kier alpha value is -2.25. The molecule has 2 aromatic carbocycles. The van der Waals surface area contributed by atoms with E-state index < -0.39 is 21.7 Å². The molecule has 0 unspecified atom stereocenters. The van der Waals surface area contributed by atoms with Crippen molar-refractivity contribution in [1.29, 1.82) is 0 Å². The van der Waals surface area contributed by atoms with Crippen molar-refractivity contribution in [1.82, 2.24) is 9.62 Å². The first kappa shape index (κ1) is 17.6. The molecule has 0 atom stereocenters. The molecular formula is C18H19FN2O3S. The van der Waals surface area contributed by atoms with Gasteiger partial charge in [0.1, 0.15) is 5.82 Å². The molecule has 0 saturated heterocycles. The van der Waals surface area contributed by atoms with Gasteiger partial charge in [0.05, 0.1) is 11.3 Å². The Morgan fingerprint density at radius 2 is 1.76 bits per heavy atom. The van der Waals surface area contributed by atoms with Gasteiger partial charge in [-0.15, -0.1) is 0 Å². The second-order valence-corrected chi connectivity index (χ2v) is 7.99. The van der Waals surface area contributed by atoms with E-state index in [0.717, 1.165) is 5.56 Å². The molecule has 1 amide bonds. The van der Waals surface area contributed by atoms with Crippen LogP contribution in [-0.4, -0.2) is 37.5 Å². The van der Waals surface area contributed by atoms with E-state index in [0.29, 0.717) is 19.5 Å². The van der Waals surface area contributed by atoms with Crippen molar-refractivity contribution in [3.8, 4) is 0 Å². The monoisotopic (exact) mass is 362 g/mol. The first-order valence-electron chi connectivity index (χ1n) is 8.05. The summed E-state index contributed by atoms with van der Waals surface area (Å²) in [5, 5.41) is 2.47. The Labute approximate surface area is 146 Å². The van der Waals surface area contributed by atoms with Crippen molar-refractivity contribution in [3.63, 3.8) is 0 Å². The van der Waals surface area contributed by atoms with Gasteiger partial charge in [-0.3, -0.25) is 4.79 Å². The number of hydrogen-bond donors (Lipinski definition) is 1. The molecule has 0 aromatic heterocycles. The van der Waals surface area contributed by atoms with Crippen LogP contribution < -0.4 is 5.32 Å². The van der Waals surface area contributed by atoms with E-state index in [2.05, 4.69) is 5.32 Å². The number of carbonyl (C=O) groups is 1. The fourth-order valence-corrected chi connectivity index (χ4v) is 4.19. The van der Waals surface area contributed by atoms with E-state index in [1.165, 1.54) is 28.1 Å². The lowest BCUT2D eigenvalue weighted by Crippen LogP contribution is -2.40. The predicted octanol–water partition coefficient (Wildman–Crippen LogP) is 1.94. The van der Waals surface area contributed by atoms with E-state index >= 15 is 0 Å². The summed E-state index contributed by atoms with van der Waals surface area (Å²) in [6, 6.07) is 13.4. The van der Waals surface area contributed by atoms with Crippen molar-refractivity contribution in [2.75, 3.05) is 18.8 Å². The number of carbonyl (C=O) groups excluding carboxylic acids is 1. The molecule has 0 saturated carbocycles. The van der Waals surface area contributed by atoms with Crippen LogP contribution in [-0.2, 0) is 23.0 Å². The molecule has 0 fully saturated rings. The third-order valence-corrected chi connectivity index (χ3v) is 6.07. The average Bonchev–Trinajstić information content (AvgIpc) is 2.61. The first-order valence-corrected chi connectivity index (χ1v) is 9.65. The summed E-state index contributed by atoms with van der Waals surface area (Å²) in [6.07, 6.45) is 0.678. The molecule has 0 spiro atoms. The molecule has 1 aliphatic rings. The van der Waals surface area contributed by atoms with Crippen LogP contribution >= 0.6 is 0 Å². The fourth-order valence-electron chi connectivity index (χ4n) is 2.87. The Kier molecular flexibility index (Phi) is 5.15. The van der Waals surface area contributed by atoms with Gasteiger partial charge in [0.2, 0.25) is 10.0 Å². The maximum atomic E-state index is 13.5. The average molecular weight is 362 g/mol. The van der Waals surface area contributed by atoms with Crippen LogP contribution in [0.4, 0.5) is 4.39 Å². The summed E-state index contributed by atoms with van der Waals surface area (Å²) in [5.74, 6) is -1.46. The topological polar surface area (TPSA) is 66.5 Å². The Morgan fingerprint density at radius 3 is 2.52 bits per heavy atom. The summed E-state index contributed by atoms with van der Waals surface area (Å²) in [4.78, 5) is 11.9. The van der Waals surface area contributed by atoms with Crippen LogP contribution in [0.1, 0.15) is 21.5 Å². The van der Waals surface area contributed by atoms with Crippen molar-refractivity contribution in [2.45, 2.75) is 13.0 Å². The SMILES string of the molecule is O=C(NCCS(=O)(=O)N1CCc2ccccc2C1)c1ccccc1F. The molecule has 0 bridgehead atoms. The molecule has 0 aliphatic carbocycles. The van der Waals surface area contributed by atoms with Crippen molar-refractivity contribution in [2.24, 2.45) is 0 Å². The van der Waals surface area contributed by atoms with Crippen LogP contribution in [0.3, 0.4) is 0 Å². The maximum Gasteiger partial charge on any atom is 0.254 e. The lowest BCUT2D eigenvalue weighted by atomic mass is 10.0.